The number of carbonyl (C=O) groups excluding carboxylic acids is 1. The van der Waals surface area contributed by atoms with E-state index in [0.717, 1.165) is 0 Å². The normalized spacial score (nSPS) is 10.2. The van der Waals surface area contributed by atoms with E-state index in [1.54, 1.807) is 19.1 Å². The molecule has 21 heavy (non-hydrogen) atoms. The van der Waals surface area contributed by atoms with Crippen LogP contribution in [0.3, 0.4) is 0 Å². The Kier molecular flexibility index (Phi) is 4.41. The minimum atomic E-state index is -0.544. The number of aromatic hydroxyl groups is 1. The zero-order chi connectivity index (χ0) is 15.6. The number of hydrogen-bond donors (Lipinski definition) is 2. The number of nitrogens with one attached hydrogen (secondary N) is 1. The van der Waals surface area contributed by atoms with E-state index in [1.807, 2.05) is 22.6 Å². The minimum absolute atomic E-state index is 0.137. The molecule has 0 bridgehead atoms. The highest BCUT2D eigenvalue weighted by Crippen LogP contribution is 2.23. The van der Waals surface area contributed by atoms with Gasteiger partial charge < -0.3 is 10.4 Å². The van der Waals surface area contributed by atoms with Gasteiger partial charge in [-0.15, -0.1) is 0 Å². The molecular formula is C14H11IN2O4. The Morgan fingerprint density at radius 2 is 2.00 bits per heavy atom. The number of hydrogen-bond acceptors (Lipinski definition) is 4. The van der Waals surface area contributed by atoms with Gasteiger partial charge in [-0.05, 0) is 59.3 Å². The molecule has 0 fully saturated rings. The molecule has 0 aromatic heterocycles. The molecule has 2 N–H and O–H groups in total. The number of nitro benzene ring substituents is 1. The number of halogens is 1. The molecule has 2 aromatic carbocycles. The third-order valence-electron chi connectivity index (χ3n) is 2.86. The molecule has 6 nitrogen and oxygen atoms in total. The number of phenolic OH excluding ortho intramolecular Hbond substituents is 1. The highest BCUT2D eigenvalue weighted by molar-refractivity contribution is 14.1. The largest absolute Gasteiger partial charge is 0.508 e. The summed E-state index contributed by atoms with van der Waals surface area (Å²) in [7, 11) is 0. The second-order valence-corrected chi connectivity index (χ2v) is 5.54. The van der Waals surface area contributed by atoms with E-state index in [-0.39, 0.29) is 17.0 Å². The van der Waals surface area contributed by atoms with Gasteiger partial charge in [-0.25, -0.2) is 0 Å². The van der Waals surface area contributed by atoms with E-state index in [0.29, 0.717) is 14.8 Å². The van der Waals surface area contributed by atoms with Gasteiger partial charge in [-0.1, -0.05) is 0 Å². The number of benzene rings is 2. The van der Waals surface area contributed by atoms with Crippen molar-refractivity contribution in [2.75, 3.05) is 5.32 Å². The molecule has 2 aromatic rings. The molecule has 0 heterocycles. The van der Waals surface area contributed by atoms with Crippen LogP contribution in [0.1, 0.15) is 15.9 Å². The summed E-state index contributed by atoms with van der Waals surface area (Å²) in [5.74, 6) is -0.300. The molecule has 1 amide bonds. The Morgan fingerprint density at radius 1 is 1.29 bits per heavy atom. The third-order valence-corrected chi connectivity index (χ3v) is 3.80. The lowest BCUT2D eigenvalue weighted by atomic mass is 10.1. The number of phenols is 1. The summed E-state index contributed by atoms with van der Waals surface area (Å²) in [5, 5.41) is 22.9. The van der Waals surface area contributed by atoms with Gasteiger partial charge in [0.15, 0.2) is 0 Å². The quantitative estimate of drug-likeness (QED) is 0.359. The maximum absolute atomic E-state index is 12.2. The monoisotopic (exact) mass is 398 g/mol. The highest BCUT2D eigenvalue weighted by atomic mass is 127. The van der Waals surface area contributed by atoms with Crippen molar-refractivity contribution in [3.63, 3.8) is 0 Å². The third kappa shape index (κ3) is 3.48. The van der Waals surface area contributed by atoms with Gasteiger partial charge in [-0.2, -0.15) is 0 Å². The standard InChI is InChI=1S/C14H11IN2O4/c1-8-6-9(2-5-13(8)18)16-14(19)11-7-10(17(20)21)3-4-12(11)15/h2-7,18H,1H3,(H,16,19). The lowest BCUT2D eigenvalue weighted by molar-refractivity contribution is -0.384. The van der Waals surface area contributed by atoms with E-state index in [4.69, 9.17) is 0 Å². The van der Waals surface area contributed by atoms with E-state index in [1.165, 1.54) is 24.3 Å². The van der Waals surface area contributed by atoms with Gasteiger partial charge in [0.2, 0.25) is 0 Å². The molecule has 0 aliphatic heterocycles. The summed E-state index contributed by atoms with van der Waals surface area (Å²) in [6.07, 6.45) is 0. The number of rotatable bonds is 3. The fourth-order valence-electron chi connectivity index (χ4n) is 1.73. The molecule has 0 aliphatic rings. The molecule has 0 saturated heterocycles. The number of nitro groups is 1. The molecule has 7 heteroatoms. The lowest BCUT2D eigenvalue weighted by Gasteiger charge is -2.08. The topological polar surface area (TPSA) is 92.5 Å². The fourth-order valence-corrected chi connectivity index (χ4v) is 2.31. The predicted molar refractivity (Wildman–Crippen MR) is 86.6 cm³/mol. The first-order valence-electron chi connectivity index (χ1n) is 5.93. The van der Waals surface area contributed by atoms with E-state index >= 15 is 0 Å². The summed E-state index contributed by atoms with van der Waals surface area (Å²) >= 11 is 1.95. The van der Waals surface area contributed by atoms with Crippen LogP contribution in [0.15, 0.2) is 36.4 Å². The number of amides is 1. The summed E-state index contributed by atoms with van der Waals surface area (Å²) < 4.78 is 0.617. The van der Waals surface area contributed by atoms with Crippen LogP contribution in [0.4, 0.5) is 11.4 Å². The van der Waals surface area contributed by atoms with E-state index < -0.39 is 10.8 Å². The SMILES string of the molecule is Cc1cc(NC(=O)c2cc([N+](=O)[O-])ccc2I)ccc1O. The van der Waals surface area contributed by atoms with Crippen LogP contribution >= 0.6 is 22.6 Å². The van der Waals surface area contributed by atoms with E-state index in [2.05, 4.69) is 5.32 Å². The van der Waals surface area contributed by atoms with Crippen molar-refractivity contribution in [1.29, 1.82) is 0 Å². The summed E-state index contributed by atoms with van der Waals surface area (Å²) in [6, 6.07) is 8.77. The molecule has 2 rings (SSSR count). The fraction of sp³-hybridized carbons (Fsp3) is 0.0714. The lowest BCUT2D eigenvalue weighted by Crippen LogP contribution is -2.13. The first kappa shape index (κ1) is 15.2. The van der Waals surface area contributed by atoms with Crippen LogP contribution < -0.4 is 5.32 Å². The zero-order valence-corrected chi connectivity index (χ0v) is 13.1. The second-order valence-electron chi connectivity index (χ2n) is 4.38. The van der Waals surface area contributed by atoms with Crippen molar-refractivity contribution in [2.24, 2.45) is 0 Å². The van der Waals surface area contributed by atoms with Crippen LogP contribution in [0.2, 0.25) is 0 Å². The molecule has 0 aliphatic carbocycles. The highest BCUT2D eigenvalue weighted by Gasteiger charge is 2.15. The van der Waals surface area contributed by atoms with Crippen molar-refractivity contribution in [2.45, 2.75) is 6.92 Å². The number of carbonyl (C=O) groups is 1. The van der Waals surface area contributed by atoms with Crippen molar-refractivity contribution in [3.8, 4) is 5.75 Å². The van der Waals surface area contributed by atoms with Gasteiger partial charge in [0.1, 0.15) is 5.75 Å². The Morgan fingerprint density at radius 3 is 2.62 bits per heavy atom. The summed E-state index contributed by atoms with van der Waals surface area (Å²) in [6.45, 7) is 1.71. The molecule has 0 spiro atoms. The van der Waals surface area contributed by atoms with Crippen LogP contribution in [0.25, 0.3) is 0 Å². The average Bonchev–Trinajstić information content (AvgIpc) is 2.43. The van der Waals surface area contributed by atoms with Crippen molar-refractivity contribution in [3.05, 3.63) is 61.2 Å². The van der Waals surface area contributed by atoms with E-state index in [9.17, 15) is 20.0 Å². The van der Waals surface area contributed by atoms with Gasteiger partial charge >= 0.3 is 0 Å². The van der Waals surface area contributed by atoms with Crippen LogP contribution in [-0.2, 0) is 0 Å². The Labute approximate surface area is 134 Å². The van der Waals surface area contributed by atoms with Crippen LogP contribution in [-0.4, -0.2) is 15.9 Å². The van der Waals surface area contributed by atoms with Crippen molar-refractivity contribution >= 4 is 39.9 Å². The first-order valence-corrected chi connectivity index (χ1v) is 7.01. The summed E-state index contributed by atoms with van der Waals surface area (Å²) in [5.41, 5.74) is 1.23. The molecule has 0 saturated carbocycles. The van der Waals surface area contributed by atoms with Crippen LogP contribution in [0.5, 0.6) is 5.75 Å². The Balaban J connectivity index is 2.29. The van der Waals surface area contributed by atoms with Crippen molar-refractivity contribution < 1.29 is 14.8 Å². The number of anilines is 1. The van der Waals surface area contributed by atoms with Gasteiger partial charge in [-0.3, -0.25) is 14.9 Å². The molecule has 0 atom stereocenters. The summed E-state index contributed by atoms with van der Waals surface area (Å²) in [4.78, 5) is 22.4. The van der Waals surface area contributed by atoms with Gasteiger partial charge in [0, 0.05) is 21.4 Å². The molecule has 0 unspecified atom stereocenters. The van der Waals surface area contributed by atoms with Crippen LogP contribution in [0, 0.1) is 20.6 Å². The Hall–Kier alpha value is -2.16. The molecule has 108 valence electrons. The first-order chi connectivity index (χ1) is 9.88. The predicted octanol–water partition coefficient (Wildman–Crippen LogP) is 3.47. The minimum Gasteiger partial charge on any atom is -0.508 e. The van der Waals surface area contributed by atoms with Crippen molar-refractivity contribution in [1.82, 2.24) is 0 Å². The average molecular weight is 398 g/mol. The van der Waals surface area contributed by atoms with Gasteiger partial charge in [0.05, 0.1) is 10.5 Å². The maximum atomic E-state index is 12.2. The van der Waals surface area contributed by atoms with Gasteiger partial charge in [0.25, 0.3) is 11.6 Å². The maximum Gasteiger partial charge on any atom is 0.270 e. The number of nitrogens with zero attached hydrogens (tertiary/aromatic N) is 1. The molecule has 0 radical (unpaired) electrons. The number of non-ortho nitro benzene ring substituents is 1. The number of aryl methyl sites for hydroxylation is 1. The second kappa shape index (κ2) is 6.08. The smallest absolute Gasteiger partial charge is 0.270 e. The zero-order valence-electron chi connectivity index (χ0n) is 11.0. The Bertz CT molecular complexity index is 731. The molecular weight excluding hydrogens is 387 g/mol.